The van der Waals surface area contributed by atoms with Crippen LogP contribution in [0.2, 0.25) is 0 Å². The van der Waals surface area contributed by atoms with Crippen molar-refractivity contribution in [3.05, 3.63) is 113 Å². The third-order valence-corrected chi connectivity index (χ3v) is 5.57. The van der Waals surface area contributed by atoms with Crippen molar-refractivity contribution in [1.82, 2.24) is 4.57 Å². The molecule has 4 heteroatoms. The van der Waals surface area contributed by atoms with Gasteiger partial charge in [-0.05, 0) is 72.5 Å². The van der Waals surface area contributed by atoms with Crippen LogP contribution in [0.25, 0.3) is 28.5 Å². The zero-order valence-corrected chi connectivity index (χ0v) is 17.9. The minimum absolute atomic E-state index is 0.197. The molecule has 0 saturated heterocycles. The molecule has 1 aromatic heterocycles. The van der Waals surface area contributed by atoms with Gasteiger partial charge in [0.05, 0.1) is 17.2 Å². The van der Waals surface area contributed by atoms with E-state index in [1.54, 1.807) is 12.1 Å². The molecule has 1 N–H and O–H groups in total. The van der Waals surface area contributed by atoms with Crippen LogP contribution in [0, 0.1) is 25.2 Å². The topological polar surface area (TPSA) is 66.0 Å². The van der Waals surface area contributed by atoms with E-state index in [0.717, 1.165) is 28.2 Å². The van der Waals surface area contributed by atoms with Gasteiger partial charge in [0.15, 0.2) is 0 Å². The third kappa shape index (κ3) is 4.10. The largest absolute Gasteiger partial charge is 0.478 e. The lowest BCUT2D eigenvalue weighted by Gasteiger charge is -2.11. The lowest BCUT2D eigenvalue weighted by molar-refractivity contribution is 0.0697. The molecular weight excluding hydrogens is 396 g/mol. The van der Waals surface area contributed by atoms with Crippen LogP contribution in [0.3, 0.4) is 0 Å². The van der Waals surface area contributed by atoms with E-state index in [1.807, 2.05) is 38.1 Å². The second-order valence-electron chi connectivity index (χ2n) is 7.63. The van der Waals surface area contributed by atoms with Crippen molar-refractivity contribution in [2.75, 3.05) is 0 Å². The summed E-state index contributed by atoms with van der Waals surface area (Å²) < 4.78 is 2.17. The van der Waals surface area contributed by atoms with Gasteiger partial charge in [0, 0.05) is 17.1 Å². The molecule has 0 saturated carbocycles. The Kier molecular flexibility index (Phi) is 5.74. The lowest BCUT2D eigenvalue weighted by Crippen LogP contribution is -1.99. The Morgan fingerprint density at radius 1 is 0.875 bits per heavy atom. The van der Waals surface area contributed by atoms with Gasteiger partial charge in [0.1, 0.15) is 0 Å². The zero-order chi connectivity index (χ0) is 22.7. The van der Waals surface area contributed by atoms with E-state index in [2.05, 4.69) is 53.1 Å². The molecule has 0 aliphatic carbocycles. The first-order chi connectivity index (χ1) is 15.5. The standard InChI is InChI=1S/C28H22N2O2/c1-19-16-25(17-26(18-29)23-8-10-24(11-9-23)28(31)32)20(2)30(19)27-14-12-22(13-15-27)21-6-4-3-5-7-21/h3-17H,1-2H3,(H,31,32). The Morgan fingerprint density at radius 3 is 2.06 bits per heavy atom. The average Bonchev–Trinajstić information content (AvgIpc) is 3.10. The summed E-state index contributed by atoms with van der Waals surface area (Å²) in [4.78, 5) is 11.1. The fourth-order valence-electron chi connectivity index (χ4n) is 3.89. The van der Waals surface area contributed by atoms with Gasteiger partial charge in [0.25, 0.3) is 0 Å². The van der Waals surface area contributed by atoms with Gasteiger partial charge in [-0.2, -0.15) is 5.26 Å². The van der Waals surface area contributed by atoms with E-state index in [1.165, 1.54) is 17.7 Å². The second kappa shape index (κ2) is 8.79. The van der Waals surface area contributed by atoms with E-state index >= 15 is 0 Å². The number of aryl methyl sites for hydroxylation is 1. The highest BCUT2D eigenvalue weighted by molar-refractivity contribution is 5.92. The molecule has 0 fully saturated rings. The van der Waals surface area contributed by atoms with Crippen molar-refractivity contribution in [1.29, 1.82) is 5.26 Å². The summed E-state index contributed by atoms with van der Waals surface area (Å²) in [6.45, 7) is 4.08. The second-order valence-corrected chi connectivity index (χ2v) is 7.63. The first kappa shape index (κ1) is 20.9. The average molecular weight is 418 g/mol. The van der Waals surface area contributed by atoms with Gasteiger partial charge in [-0.3, -0.25) is 0 Å². The summed E-state index contributed by atoms with van der Waals surface area (Å²) in [7, 11) is 0. The molecule has 4 aromatic rings. The van der Waals surface area contributed by atoms with Crippen LogP contribution in [-0.2, 0) is 0 Å². The van der Waals surface area contributed by atoms with Crippen LogP contribution >= 0.6 is 0 Å². The van der Waals surface area contributed by atoms with Gasteiger partial charge in [-0.25, -0.2) is 4.79 Å². The number of rotatable bonds is 5. The Balaban J connectivity index is 1.68. The van der Waals surface area contributed by atoms with Crippen molar-refractivity contribution >= 4 is 17.6 Å². The van der Waals surface area contributed by atoms with Gasteiger partial charge < -0.3 is 9.67 Å². The van der Waals surface area contributed by atoms with E-state index in [0.29, 0.717) is 11.1 Å². The molecule has 0 aliphatic heterocycles. The maximum atomic E-state index is 11.1. The Labute approximate surface area is 187 Å². The first-order valence-electron chi connectivity index (χ1n) is 10.3. The number of benzene rings is 3. The molecule has 0 amide bonds. The normalized spacial score (nSPS) is 11.2. The summed E-state index contributed by atoms with van der Waals surface area (Å²) in [5.74, 6) is -0.985. The summed E-state index contributed by atoms with van der Waals surface area (Å²) in [6.07, 6.45) is 1.85. The highest BCUT2D eigenvalue weighted by atomic mass is 16.4. The molecule has 1 heterocycles. The highest BCUT2D eigenvalue weighted by Crippen LogP contribution is 2.27. The monoisotopic (exact) mass is 418 g/mol. The van der Waals surface area contributed by atoms with Crippen molar-refractivity contribution in [2.45, 2.75) is 13.8 Å². The number of nitrogens with zero attached hydrogens (tertiary/aromatic N) is 2. The Hall–Kier alpha value is -4.36. The van der Waals surface area contributed by atoms with Crippen LogP contribution in [0.15, 0.2) is 84.9 Å². The summed E-state index contributed by atoms with van der Waals surface area (Å²) in [6, 6.07) is 29.4. The minimum Gasteiger partial charge on any atom is -0.478 e. The number of allylic oxidation sites excluding steroid dienone is 1. The van der Waals surface area contributed by atoms with Gasteiger partial charge in [-0.15, -0.1) is 0 Å². The van der Waals surface area contributed by atoms with Crippen LogP contribution in [-0.4, -0.2) is 15.6 Å². The molecule has 0 radical (unpaired) electrons. The Bertz CT molecular complexity index is 1340. The number of hydrogen-bond donors (Lipinski definition) is 1. The molecule has 0 spiro atoms. The fourth-order valence-corrected chi connectivity index (χ4v) is 3.89. The molecule has 32 heavy (non-hydrogen) atoms. The van der Waals surface area contributed by atoms with Gasteiger partial charge in [-0.1, -0.05) is 54.6 Å². The molecule has 3 aromatic carbocycles. The van der Waals surface area contributed by atoms with Crippen LogP contribution in [0.4, 0.5) is 0 Å². The van der Waals surface area contributed by atoms with Crippen molar-refractivity contribution < 1.29 is 9.90 Å². The molecule has 0 atom stereocenters. The van der Waals surface area contributed by atoms with Crippen molar-refractivity contribution in [3.63, 3.8) is 0 Å². The number of carbonyl (C=O) groups is 1. The predicted octanol–water partition coefficient (Wildman–Crippen LogP) is 6.52. The van der Waals surface area contributed by atoms with E-state index in [4.69, 9.17) is 5.11 Å². The number of carboxylic acids is 1. The number of hydrogen-bond acceptors (Lipinski definition) is 2. The molecule has 4 nitrogen and oxygen atoms in total. The lowest BCUT2D eigenvalue weighted by atomic mass is 10.0. The molecule has 156 valence electrons. The molecule has 0 bridgehead atoms. The smallest absolute Gasteiger partial charge is 0.335 e. The number of aromatic nitrogens is 1. The Morgan fingerprint density at radius 2 is 1.47 bits per heavy atom. The summed E-state index contributed by atoms with van der Waals surface area (Å²) in [5, 5.41) is 18.8. The van der Waals surface area contributed by atoms with Gasteiger partial charge in [0.2, 0.25) is 0 Å². The molecule has 0 unspecified atom stereocenters. The minimum atomic E-state index is -0.985. The van der Waals surface area contributed by atoms with Crippen LogP contribution in [0.1, 0.15) is 32.9 Å². The maximum absolute atomic E-state index is 11.1. The quantitative estimate of drug-likeness (QED) is 0.375. The number of nitriles is 1. The molecule has 4 rings (SSSR count). The van der Waals surface area contributed by atoms with E-state index in [9.17, 15) is 10.1 Å². The molecule has 0 aliphatic rings. The summed E-state index contributed by atoms with van der Waals surface area (Å²) >= 11 is 0. The van der Waals surface area contributed by atoms with E-state index in [-0.39, 0.29) is 5.56 Å². The maximum Gasteiger partial charge on any atom is 0.335 e. The van der Waals surface area contributed by atoms with Crippen LogP contribution < -0.4 is 0 Å². The summed E-state index contributed by atoms with van der Waals surface area (Å²) in [5.41, 5.74) is 7.82. The SMILES string of the molecule is Cc1cc(C=C(C#N)c2ccc(C(=O)O)cc2)c(C)n1-c1ccc(-c2ccccc2)cc1. The predicted molar refractivity (Wildman–Crippen MR) is 128 cm³/mol. The zero-order valence-electron chi connectivity index (χ0n) is 17.9. The third-order valence-electron chi connectivity index (χ3n) is 5.57. The number of aromatic carboxylic acids is 1. The fraction of sp³-hybridized carbons (Fsp3) is 0.0714. The number of carboxylic acid groups (broad SMARTS) is 1. The first-order valence-corrected chi connectivity index (χ1v) is 10.3. The molecular formula is C28H22N2O2. The van der Waals surface area contributed by atoms with Crippen molar-refractivity contribution in [2.24, 2.45) is 0 Å². The van der Waals surface area contributed by atoms with E-state index < -0.39 is 5.97 Å². The highest BCUT2D eigenvalue weighted by Gasteiger charge is 2.12. The van der Waals surface area contributed by atoms with Crippen LogP contribution in [0.5, 0.6) is 0 Å². The van der Waals surface area contributed by atoms with Gasteiger partial charge >= 0.3 is 5.97 Å². The van der Waals surface area contributed by atoms with Crippen molar-refractivity contribution in [3.8, 4) is 22.9 Å².